The van der Waals surface area contributed by atoms with Crippen LogP contribution in [0.5, 0.6) is 17.2 Å². The molecule has 1 fully saturated rings. The Balaban J connectivity index is 1.33. The number of carbonyl (C=O) groups excluding carboxylic acids is 3. The lowest BCUT2D eigenvalue weighted by atomic mass is 10.0. The van der Waals surface area contributed by atoms with Crippen LogP contribution in [-0.4, -0.2) is 37.2 Å². The van der Waals surface area contributed by atoms with E-state index in [-0.39, 0.29) is 34.8 Å². The number of amides is 3. The van der Waals surface area contributed by atoms with E-state index in [9.17, 15) is 22.8 Å². The summed E-state index contributed by atoms with van der Waals surface area (Å²) in [5, 5.41) is 3.75. The van der Waals surface area contributed by atoms with Crippen molar-refractivity contribution in [3.05, 3.63) is 93.9 Å². The second-order valence-corrected chi connectivity index (χ2v) is 12.5. The first-order chi connectivity index (χ1) is 20.6. The lowest BCUT2D eigenvalue weighted by molar-refractivity contribution is -0.123. The second kappa shape index (κ2) is 11.3. The Morgan fingerprint density at radius 1 is 1.05 bits per heavy atom. The Kier molecular flexibility index (Phi) is 7.50. The van der Waals surface area contributed by atoms with Crippen molar-refractivity contribution in [2.75, 3.05) is 12.1 Å². The molecule has 0 saturated carbocycles. The smallest absolute Gasteiger partial charge is 0.339 e. The second-order valence-electron chi connectivity index (χ2n) is 9.51. The fourth-order valence-corrected chi connectivity index (χ4v) is 6.57. The Hall–Kier alpha value is -4.52. The van der Waals surface area contributed by atoms with E-state index in [0.717, 1.165) is 22.0 Å². The van der Waals surface area contributed by atoms with Gasteiger partial charge in [-0.05, 0) is 70.6 Å². The maximum absolute atomic E-state index is 13.5. The number of ether oxygens (including phenoxy) is 2. The first-order valence-corrected chi connectivity index (χ1v) is 15.4. The van der Waals surface area contributed by atoms with Crippen molar-refractivity contribution >= 4 is 73.1 Å². The summed E-state index contributed by atoms with van der Waals surface area (Å²) in [6.45, 7) is 1.29. The minimum atomic E-state index is -4.32. The molecule has 0 atom stereocenters. The monoisotopic (exact) mass is 636 g/mol. The zero-order chi connectivity index (χ0) is 30.3. The number of hydrogen-bond acceptors (Lipinski definition) is 9. The largest absolute Gasteiger partial charge is 0.454 e. The molecule has 0 spiro atoms. The van der Waals surface area contributed by atoms with E-state index in [0.29, 0.717) is 38.7 Å². The van der Waals surface area contributed by atoms with E-state index >= 15 is 0 Å². The number of thioether (sulfide) groups is 1. The van der Waals surface area contributed by atoms with Crippen LogP contribution in [0.25, 0.3) is 16.8 Å². The van der Waals surface area contributed by atoms with Crippen molar-refractivity contribution in [1.29, 1.82) is 0 Å². The highest BCUT2D eigenvalue weighted by Crippen LogP contribution is 2.41. The van der Waals surface area contributed by atoms with Gasteiger partial charge >= 0.3 is 10.1 Å². The molecule has 0 aromatic heterocycles. The number of halogens is 1. The number of nitrogens with one attached hydrogen (secondary N) is 1. The summed E-state index contributed by atoms with van der Waals surface area (Å²) in [5.74, 6) is 0.0423. The van der Waals surface area contributed by atoms with Gasteiger partial charge in [-0.2, -0.15) is 8.42 Å². The van der Waals surface area contributed by atoms with E-state index in [2.05, 4.69) is 5.32 Å². The summed E-state index contributed by atoms with van der Waals surface area (Å²) in [6, 6.07) is 19.1. The predicted molar refractivity (Wildman–Crippen MR) is 162 cm³/mol. The molecular formula is C30H21ClN2O8S2. The van der Waals surface area contributed by atoms with Crippen LogP contribution in [0, 0.1) is 0 Å². The number of hydrogen-bond donors (Lipinski definition) is 1. The summed E-state index contributed by atoms with van der Waals surface area (Å²) in [5.41, 5.74) is 1.23. The molecule has 1 saturated heterocycles. The predicted octanol–water partition coefficient (Wildman–Crippen LogP) is 6.18. The van der Waals surface area contributed by atoms with E-state index < -0.39 is 21.3 Å². The quantitative estimate of drug-likeness (QED) is 0.187. The van der Waals surface area contributed by atoms with Crippen LogP contribution in [0.2, 0.25) is 5.02 Å². The van der Waals surface area contributed by atoms with Gasteiger partial charge in [0.15, 0.2) is 17.2 Å². The summed E-state index contributed by atoms with van der Waals surface area (Å²) in [6.07, 6.45) is 1.46. The molecule has 2 aliphatic heterocycles. The lowest BCUT2D eigenvalue weighted by Gasteiger charge is -2.14. The molecule has 3 amide bonds. The van der Waals surface area contributed by atoms with Crippen molar-refractivity contribution in [2.45, 2.75) is 18.4 Å². The Bertz CT molecular complexity index is 1960. The molecule has 2 heterocycles. The minimum absolute atomic E-state index is 0.0322. The zero-order valence-electron chi connectivity index (χ0n) is 22.3. The average molecular weight is 637 g/mol. The van der Waals surface area contributed by atoms with Crippen LogP contribution in [0.3, 0.4) is 0 Å². The van der Waals surface area contributed by atoms with Crippen molar-refractivity contribution in [1.82, 2.24) is 4.90 Å². The van der Waals surface area contributed by atoms with Gasteiger partial charge in [-0.3, -0.25) is 19.3 Å². The molecule has 218 valence electrons. The lowest BCUT2D eigenvalue weighted by Crippen LogP contribution is -2.27. The van der Waals surface area contributed by atoms with Gasteiger partial charge in [0.1, 0.15) is 4.90 Å². The fraction of sp³-hybridized carbons (Fsp3) is 0.100. The number of nitrogens with zero attached hydrogens (tertiary/aromatic N) is 1. The molecule has 4 aromatic carbocycles. The molecular weight excluding hydrogens is 616 g/mol. The summed E-state index contributed by atoms with van der Waals surface area (Å²) in [7, 11) is -4.32. The fourth-order valence-electron chi connectivity index (χ4n) is 4.59. The van der Waals surface area contributed by atoms with Gasteiger partial charge in [0.25, 0.3) is 11.1 Å². The van der Waals surface area contributed by atoms with Gasteiger partial charge in [-0.15, -0.1) is 0 Å². The number of fused-ring (bicyclic) bond motifs is 2. The number of benzene rings is 4. The standard InChI is InChI=1S/C30H21ClN2O8S2/c1-17(34)32-20-7-9-21(10-8-20)43(37,38)41-25-11-6-18-4-2-3-5-22(18)23(25)13-28-29(35)33(30(36)42-28)15-19-12-26-27(14-24(19)31)40-16-39-26/h2-14H,15-16H2,1H3,(H,32,34)/b28-13-. The van der Waals surface area contributed by atoms with Gasteiger partial charge in [-0.25, -0.2) is 0 Å². The SMILES string of the molecule is CC(=O)Nc1ccc(S(=O)(=O)Oc2ccc3ccccc3c2/C=C2\SC(=O)N(Cc3cc4c(cc3Cl)OCO4)C2=O)cc1. The van der Waals surface area contributed by atoms with Crippen molar-refractivity contribution in [3.8, 4) is 17.2 Å². The maximum Gasteiger partial charge on any atom is 0.339 e. The number of rotatable bonds is 7. The van der Waals surface area contributed by atoms with E-state index in [1.54, 1.807) is 30.3 Å². The van der Waals surface area contributed by atoms with Crippen molar-refractivity contribution in [3.63, 3.8) is 0 Å². The van der Waals surface area contributed by atoms with Crippen LogP contribution in [0.15, 0.2) is 82.6 Å². The highest BCUT2D eigenvalue weighted by Gasteiger charge is 2.36. The zero-order valence-corrected chi connectivity index (χ0v) is 24.7. The molecule has 2 aliphatic rings. The third-order valence-corrected chi connectivity index (χ3v) is 9.12. The van der Waals surface area contributed by atoms with Crippen LogP contribution in [-0.2, 0) is 26.3 Å². The Morgan fingerprint density at radius 3 is 2.51 bits per heavy atom. The average Bonchev–Trinajstić information content (AvgIpc) is 3.53. The molecule has 0 aliphatic carbocycles. The molecule has 13 heteroatoms. The van der Waals surface area contributed by atoms with Gasteiger partial charge in [0.2, 0.25) is 12.7 Å². The van der Waals surface area contributed by atoms with Crippen molar-refractivity contribution < 1.29 is 36.5 Å². The first kappa shape index (κ1) is 28.6. The molecule has 0 radical (unpaired) electrons. The summed E-state index contributed by atoms with van der Waals surface area (Å²) in [4.78, 5) is 38.7. The van der Waals surface area contributed by atoms with E-state index in [1.807, 2.05) is 12.1 Å². The Labute approximate surface area is 255 Å². The number of carbonyl (C=O) groups is 3. The van der Waals surface area contributed by atoms with Gasteiger partial charge in [0.05, 0.1) is 11.4 Å². The number of imide groups is 1. The third kappa shape index (κ3) is 5.76. The number of anilines is 1. The highest BCUT2D eigenvalue weighted by atomic mass is 35.5. The minimum Gasteiger partial charge on any atom is -0.454 e. The topological polar surface area (TPSA) is 128 Å². The van der Waals surface area contributed by atoms with Crippen LogP contribution in [0.4, 0.5) is 10.5 Å². The van der Waals surface area contributed by atoms with Crippen LogP contribution in [0.1, 0.15) is 18.1 Å². The van der Waals surface area contributed by atoms with Crippen LogP contribution < -0.4 is 19.0 Å². The summed E-state index contributed by atoms with van der Waals surface area (Å²) >= 11 is 7.10. The van der Waals surface area contributed by atoms with Gasteiger partial charge < -0.3 is 19.0 Å². The van der Waals surface area contributed by atoms with Crippen LogP contribution >= 0.6 is 23.4 Å². The molecule has 1 N–H and O–H groups in total. The molecule has 6 rings (SSSR count). The van der Waals surface area contributed by atoms with Crippen molar-refractivity contribution in [2.24, 2.45) is 0 Å². The van der Waals surface area contributed by atoms with E-state index in [1.165, 1.54) is 43.3 Å². The summed E-state index contributed by atoms with van der Waals surface area (Å²) < 4.78 is 42.8. The maximum atomic E-state index is 13.5. The van der Waals surface area contributed by atoms with Gasteiger partial charge in [-0.1, -0.05) is 41.9 Å². The molecule has 0 unspecified atom stereocenters. The molecule has 43 heavy (non-hydrogen) atoms. The molecule has 10 nitrogen and oxygen atoms in total. The molecule has 4 aromatic rings. The Morgan fingerprint density at radius 2 is 1.77 bits per heavy atom. The third-order valence-electron chi connectivity index (χ3n) is 6.61. The highest BCUT2D eigenvalue weighted by molar-refractivity contribution is 8.18. The molecule has 0 bridgehead atoms. The normalized spacial score (nSPS) is 15.4. The van der Waals surface area contributed by atoms with E-state index in [4.69, 9.17) is 25.3 Å². The first-order valence-electron chi connectivity index (χ1n) is 12.8. The van der Waals surface area contributed by atoms with Gasteiger partial charge in [0, 0.05) is 29.3 Å².